The summed E-state index contributed by atoms with van der Waals surface area (Å²) in [5, 5.41) is 9.65. The average Bonchev–Trinajstić information content (AvgIpc) is 2.47. The second-order valence-corrected chi connectivity index (χ2v) is 4.47. The van der Waals surface area contributed by atoms with Crippen LogP contribution in [0.4, 0.5) is 0 Å². The molecule has 0 amide bonds. The molecule has 0 bridgehead atoms. The molecular formula is C15H20O5. The van der Waals surface area contributed by atoms with E-state index < -0.39 is 24.1 Å². The van der Waals surface area contributed by atoms with E-state index >= 15 is 0 Å². The first-order valence-corrected chi connectivity index (χ1v) is 6.57. The molecule has 0 aliphatic rings. The Morgan fingerprint density at radius 1 is 1.25 bits per heavy atom. The van der Waals surface area contributed by atoms with Crippen molar-refractivity contribution in [1.29, 1.82) is 0 Å². The molecule has 1 unspecified atom stereocenters. The molecule has 5 nitrogen and oxygen atoms in total. The number of hydrogen-bond acceptors (Lipinski definition) is 5. The van der Waals surface area contributed by atoms with Crippen LogP contribution in [0.25, 0.3) is 0 Å². The van der Waals surface area contributed by atoms with Crippen LogP contribution in [0.5, 0.6) is 0 Å². The van der Waals surface area contributed by atoms with Gasteiger partial charge >= 0.3 is 11.9 Å². The standard InChI is InChI=1S/C15H20O5/c1-3-12(16)9-13(10-14(17)19-2)20-15(18)11-7-5-4-6-8-11/h4-8,12-13,16H,3,9-10H2,1-2H3/t12?,13-/m1/s1. The van der Waals surface area contributed by atoms with Crippen LogP contribution >= 0.6 is 0 Å². The average molecular weight is 280 g/mol. The molecule has 0 heterocycles. The van der Waals surface area contributed by atoms with Gasteiger partial charge in [-0.25, -0.2) is 4.79 Å². The molecular weight excluding hydrogens is 260 g/mol. The molecule has 5 heteroatoms. The second kappa shape index (κ2) is 8.32. The largest absolute Gasteiger partial charge is 0.469 e. The number of carbonyl (C=O) groups excluding carboxylic acids is 2. The zero-order chi connectivity index (χ0) is 15.0. The van der Waals surface area contributed by atoms with Gasteiger partial charge < -0.3 is 14.6 Å². The van der Waals surface area contributed by atoms with E-state index in [1.54, 1.807) is 30.3 Å². The molecule has 0 radical (unpaired) electrons. The summed E-state index contributed by atoms with van der Waals surface area (Å²) in [7, 11) is 1.27. The summed E-state index contributed by atoms with van der Waals surface area (Å²) < 4.78 is 9.85. The lowest BCUT2D eigenvalue weighted by molar-refractivity contribution is -0.143. The maximum Gasteiger partial charge on any atom is 0.338 e. The third-order valence-corrected chi connectivity index (χ3v) is 2.91. The Morgan fingerprint density at radius 2 is 1.90 bits per heavy atom. The Labute approximate surface area is 118 Å². The van der Waals surface area contributed by atoms with Gasteiger partial charge in [-0.05, 0) is 18.6 Å². The van der Waals surface area contributed by atoms with Crippen molar-refractivity contribution in [3.63, 3.8) is 0 Å². The predicted molar refractivity (Wildman–Crippen MR) is 73.2 cm³/mol. The fraction of sp³-hybridized carbons (Fsp3) is 0.467. The van der Waals surface area contributed by atoms with Crippen molar-refractivity contribution in [2.45, 2.75) is 38.4 Å². The summed E-state index contributed by atoms with van der Waals surface area (Å²) in [6, 6.07) is 8.52. The smallest absolute Gasteiger partial charge is 0.338 e. The molecule has 0 aliphatic carbocycles. The van der Waals surface area contributed by atoms with Gasteiger partial charge in [0.1, 0.15) is 6.10 Å². The third kappa shape index (κ3) is 5.40. The maximum atomic E-state index is 11.9. The normalized spacial score (nSPS) is 13.3. The molecule has 0 aromatic heterocycles. The number of methoxy groups -OCH3 is 1. The van der Waals surface area contributed by atoms with Crippen LogP contribution in [0.2, 0.25) is 0 Å². The van der Waals surface area contributed by atoms with E-state index in [0.717, 1.165) is 0 Å². The van der Waals surface area contributed by atoms with Crippen LogP contribution < -0.4 is 0 Å². The minimum absolute atomic E-state index is 0.0634. The van der Waals surface area contributed by atoms with E-state index in [1.165, 1.54) is 7.11 Å². The molecule has 1 rings (SSSR count). The van der Waals surface area contributed by atoms with Crippen molar-refractivity contribution in [2.24, 2.45) is 0 Å². The zero-order valence-electron chi connectivity index (χ0n) is 11.7. The minimum Gasteiger partial charge on any atom is -0.469 e. The first kappa shape index (κ1) is 16.2. The van der Waals surface area contributed by atoms with Crippen LogP contribution in [-0.4, -0.2) is 36.4 Å². The van der Waals surface area contributed by atoms with Gasteiger partial charge in [-0.2, -0.15) is 0 Å². The van der Waals surface area contributed by atoms with E-state index in [4.69, 9.17) is 4.74 Å². The summed E-state index contributed by atoms with van der Waals surface area (Å²) in [5.74, 6) is -0.984. The highest BCUT2D eigenvalue weighted by Crippen LogP contribution is 2.13. The van der Waals surface area contributed by atoms with Gasteiger partial charge in [0.2, 0.25) is 0 Å². The van der Waals surface area contributed by atoms with Crippen molar-refractivity contribution in [2.75, 3.05) is 7.11 Å². The van der Waals surface area contributed by atoms with Gasteiger partial charge in [0, 0.05) is 6.42 Å². The monoisotopic (exact) mass is 280 g/mol. The number of ether oxygens (including phenoxy) is 2. The Hall–Kier alpha value is -1.88. The van der Waals surface area contributed by atoms with E-state index in [0.29, 0.717) is 12.0 Å². The van der Waals surface area contributed by atoms with E-state index in [1.807, 2.05) is 6.92 Å². The van der Waals surface area contributed by atoms with Gasteiger partial charge in [0.15, 0.2) is 0 Å². The van der Waals surface area contributed by atoms with E-state index in [-0.39, 0.29) is 12.8 Å². The van der Waals surface area contributed by atoms with Gasteiger partial charge in [0.25, 0.3) is 0 Å². The first-order valence-electron chi connectivity index (χ1n) is 6.57. The number of rotatable bonds is 7. The Bertz CT molecular complexity index is 429. The lowest BCUT2D eigenvalue weighted by Crippen LogP contribution is -2.26. The van der Waals surface area contributed by atoms with Crippen LogP contribution in [-0.2, 0) is 14.3 Å². The maximum absolute atomic E-state index is 11.9. The van der Waals surface area contributed by atoms with Crippen molar-refractivity contribution >= 4 is 11.9 Å². The molecule has 20 heavy (non-hydrogen) atoms. The number of aliphatic hydroxyl groups excluding tert-OH is 1. The summed E-state index contributed by atoms with van der Waals surface area (Å²) >= 11 is 0. The number of hydrogen-bond donors (Lipinski definition) is 1. The van der Waals surface area contributed by atoms with Crippen LogP contribution in [0.3, 0.4) is 0 Å². The van der Waals surface area contributed by atoms with E-state index in [9.17, 15) is 14.7 Å². The molecule has 1 aromatic rings. The van der Waals surface area contributed by atoms with E-state index in [2.05, 4.69) is 4.74 Å². The Kier molecular flexibility index (Phi) is 6.73. The molecule has 0 spiro atoms. The highest BCUT2D eigenvalue weighted by atomic mass is 16.6. The second-order valence-electron chi connectivity index (χ2n) is 4.47. The molecule has 110 valence electrons. The van der Waals surface area contributed by atoms with Crippen molar-refractivity contribution in [3.05, 3.63) is 35.9 Å². The minimum atomic E-state index is -0.690. The Balaban J connectivity index is 2.68. The van der Waals surface area contributed by atoms with Crippen molar-refractivity contribution in [1.82, 2.24) is 0 Å². The van der Waals surface area contributed by atoms with Gasteiger partial charge in [-0.15, -0.1) is 0 Å². The van der Waals surface area contributed by atoms with Crippen molar-refractivity contribution in [3.8, 4) is 0 Å². The third-order valence-electron chi connectivity index (χ3n) is 2.91. The number of esters is 2. The molecule has 0 saturated carbocycles. The fourth-order valence-electron chi connectivity index (χ4n) is 1.71. The predicted octanol–water partition coefficient (Wildman–Crippen LogP) is 1.94. The molecule has 0 aliphatic heterocycles. The number of aliphatic hydroxyl groups is 1. The SMILES string of the molecule is CCC(O)C[C@H](CC(=O)OC)OC(=O)c1ccccc1. The number of carbonyl (C=O) groups is 2. The summed E-state index contributed by atoms with van der Waals surface area (Å²) in [6.07, 6.45) is -0.630. The summed E-state index contributed by atoms with van der Waals surface area (Å²) in [6.45, 7) is 1.82. The van der Waals surface area contributed by atoms with Crippen LogP contribution in [0, 0.1) is 0 Å². The molecule has 2 atom stereocenters. The van der Waals surface area contributed by atoms with Crippen LogP contribution in [0.15, 0.2) is 30.3 Å². The molecule has 0 fully saturated rings. The van der Waals surface area contributed by atoms with Gasteiger partial charge in [0.05, 0.1) is 25.2 Å². The topological polar surface area (TPSA) is 72.8 Å². The fourth-order valence-corrected chi connectivity index (χ4v) is 1.71. The quantitative estimate of drug-likeness (QED) is 0.773. The lowest BCUT2D eigenvalue weighted by Gasteiger charge is -2.19. The zero-order valence-corrected chi connectivity index (χ0v) is 11.7. The summed E-state index contributed by atoms with van der Waals surface area (Å²) in [5.41, 5.74) is 0.411. The lowest BCUT2D eigenvalue weighted by atomic mass is 10.1. The number of benzene rings is 1. The highest BCUT2D eigenvalue weighted by molar-refractivity contribution is 5.89. The van der Waals surface area contributed by atoms with Crippen molar-refractivity contribution < 1.29 is 24.2 Å². The molecule has 1 aromatic carbocycles. The van der Waals surface area contributed by atoms with Crippen LogP contribution in [0.1, 0.15) is 36.5 Å². The van der Waals surface area contributed by atoms with Gasteiger partial charge in [-0.1, -0.05) is 25.1 Å². The summed E-state index contributed by atoms with van der Waals surface area (Å²) in [4.78, 5) is 23.3. The van der Waals surface area contributed by atoms with Gasteiger partial charge in [-0.3, -0.25) is 4.79 Å². The molecule has 0 saturated heterocycles. The molecule has 1 N–H and O–H groups in total. The first-order chi connectivity index (χ1) is 9.56. The Morgan fingerprint density at radius 3 is 2.45 bits per heavy atom. The highest BCUT2D eigenvalue weighted by Gasteiger charge is 2.22.